The van der Waals surface area contributed by atoms with Gasteiger partial charge >= 0.3 is 0 Å². The number of nitrogens with zero attached hydrogens (tertiary/aromatic N) is 4. The quantitative estimate of drug-likeness (QED) is 0.166. The van der Waals surface area contributed by atoms with Crippen molar-refractivity contribution in [2.45, 2.75) is 0 Å². The second-order valence-corrected chi connectivity index (χ2v) is 17.6. The molecule has 0 unspecified atom stereocenters. The number of fused-ring (bicyclic) bond motifs is 17. The highest BCUT2D eigenvalue weighted by Crippen LogP contribution is 2.53. The molecule has 0 saturated carbocycles. The van der Waals surface area contributed by atoms with Crippen LogP contribution in [0.25, 0.3) is 97.7 Å². The monoisotopic (exact) mass is 838 g/mol. The Morgan fingerprint density at radius 3 is 0.909 bits per heavy atom. The molecule has 66 heavy (non-hydrogen) atoms. The summed E-state index contributed by atoms with van der Waals surface area (Å²) in [5.74, 6) is 0. The molecule has 0 spiro atoms. The SMILES string of the molecule is c1ccc(N(c2ccccc2)c2cc3ccccc3c3c4cccc5c6c7c8cccc9c%10c%11ccccc%11cc(N(c%11ccccc%11)c%11ccccc%11)c%10n(c7ccc6n(c23)c54)c89)cc1. The van der Waals surface area contributed by atoms with Crippen LogP contribution in [0.15, 0.2) is 231 Å². The van der Waals surface area contributed by atoms with Crippen molar-refractivity contribution in [2.75, 3.05) is 9.80 Å². The largest absolute Gasteiger partial charge is 0.308 e. The molecule has 4 nitrogen and oxygen atoms in total. The van der Waals surface area contributed by atoms with Crippen LogP contribution in [0, 0.1) is 0 Å². The first-order chi connectivity index (χ1) is 32.8. The Labute approximate surface area is 379 Å². The summed E-state index contributed by atoms with van der Waals surface area (Å²) < 4.78 is 5.18. The van der Waals surface area contributed by atoms with E-state index in [2.05, 4.69) is 249 Å². The lowest BCUT2D eigenvalue weighted by atomic mass is 9.98. The highest BCUT2D eigenvalue weighted by Gasteiger charge is 2.29. The van der Waals surface area contributed by atoms with E-state index in [1.54, 1.807) is 0 Å². The van der Waals surface area contributed by atoms with Gasteiger partial charge in [0.15, 0.2) is 0 Å². The molecule has 0 aliphatic carbocycles. The van der Waals surface area contributed by atoms with Crippen molar-refractivity contribution in [1.82, 2.24) is 8.80 Å². The summed E-state index contributed by atoms with van der Waals surface area (Å²) in [5.41, 5.74) is 14.1. The molecule has 15 rings (SSSR count). The van der Waals surface area contributed by atoms with E-state index in [0.717, 1.165) is 34.1 Å². The normalized spacial score (nSPS) is 12.2. The van der Waals surface area contributed by atoms with Gasteiger partial charge in [-0.2, -0.15) is 0 Å². The summed E-state index contributed by atoms with van der Waals surface area (Å²) in [7, 11) is 0. The van der Waals surface area contributed by atoms with Gasteiger partial charge in [0.2, 0.25) is 0 Å². The van der Waals surface area contributed by atoms with Crippen molar-refractivity contribution < 1.29 is 0 Å². The fourth-order valence-corrected chi connectivity index (χ4v) is 11.7. The number of hydrogen-bond acceptors (Lipinski definition) is 2. The Bertz CT molecular complexity index is 4020. The average molecular weight is 839 g/mol. The summed E-state index contributed by atoms with van der Waals surface area (Å²) in [6.07, 6.45) is 0. The van der Waals surface area contributed by atoms with Gasteiger partial charge in [0.05, 0.1) is 44.5 Å². The van der Waals surface area contributed by atoms with Gasteiger partial charge in [-0.1, -0.05) is 158 Å². The minimum atomic E-state index is 1.12. The van der Waals surface area contributed by atoms with Gasteiger partial charge in [-0.25, -0.2) is 0 Å². The van der Waals surface area contributed by atoms with Gasteiger partial charge in [-0.05, 0) is 94.3 Å². The first-order valence-electron chi connectivity index (χ1n) is 22.8. The topological polar surface area (TPSA) is 15.3 Å². The molecule has 0 saturated heterocycles. The van der Waals surface area contributed by atoms with E-state index in [1.165, 1.54) is 97.7 Å². The van der Waals surface area contributed by atoms with Gasteiger partial charge < -0.3 is 18.6 Å². The van der Waals surface area contributed by atoms with Crippen molar-refractivity contribution in [3.05, 3.63) is 231 Å². The summed E-state index contributed by atoms with van der Waals surface area (Å²) in [6.45, 7) is 0. The third kappa shape index (κ3) is 4.66. The lowest BCUT2D eigenvalue weighted by Gasteiger charge is -2.27. The maximum atomic E-state index is 2.59. The number of benzene rings is 11. The van der Waals surface area contributed by atoms with E-state index < -0.39 is 0 Å². The van der Waals surface area contributed by atoms with Crippen LogP contribution < -0.4 is 9.80 Å². The molecule has 0 N–H and O–H groups in total. The molecular weight excluding hydrogens is 801 g/mol. The molecule has 4 heteroatoms. The molecule has 4 aromatic heterocycles. The third-order valence-corrected chi connectivity index (χ3v) is 14.2. The lowest BCUT2D eigenvalue weighted by molar-refractivity contribution is 1.27. The summed E-state index contributed by atoms with van der Waals surface area (Å²) >= 11 is 0. The molecule has 0 radical (unpaired) electrons. The Hall–Kier alpha value is -8.86. The predicted molar refractivity (Wildman–Crippen MR) is 280 cm³/mol. The highest BCUT2D eigenvalue weighted by molar-refractivity contribution is 6.39. The Kier molecular flexibility index (Phi) is 7.19. The summed E-state index contributed by atoms with van der Waals surface area (Å²) in [5, 5.41) is 15.2. The van der Waals surface area contributed by atoms with Crippen molar-refractivity contribution >= 4 is 132 Å². The average Bonchev–Trinajstić information content (AvgIpc) is 4.12. The molecule has 0 fully saturated rings. The molecule has 15 aromatic rings. The maximum absolute atomic E-state index is 2.59. The summed E-state index contributed by atoms with van der Waals surface area (Å²) in [4.78, 5) is 4.88. The molecule has 0 aliphatic rings. The molecule has 0 amide bonds. The van der Waals surface area contributed by atoms with Gasteiger partial charge in [-0.3, -0.25) is 0 Å². The molecule has 0 aliphatic heterocycles. The van der Waals surface area contributed by atoms with Crippen molar-refractivity contribution in [3.63, 3.8) is 0 Å². The van der Waals surface area contributed by atoms with Crippen molar-refractivity contribution in [1.29, 1.82) is 0 Å². The highest BCUT2D eigenvalue weighted by atomic mass is 15.2. The van der Waals surface area contributed by atoms with Gasteiger partial charge in [0, 0.05) is 65.8 Å². The number of aromatic nitrogens is 2. The molecular formula is C62H38N4. The number of para-hydroxylation sites is 6. The van der Waals surface area contributed by atoms with E-state index in [1.807, 2.05) is 0 Å². The standard InChI is InChI=1S/C62H38N4/c1-5-21-41(22-6-1)63(42-23-7-2-8-24-42)53-37-39-19-13-15-29-45(39)55-47-31-17-33-49-57-51(65(59(47)49)61(53)55)35-36-52-58(57)50-34-18-32-48-56-46-30-16-14-20-40(46)38-54(62(56)66(52)60(48)50)64(43-25-9-3-10-26-43)44-27-11-4-12-28-44/h1-38H. The van der Waals surface area contributed by atoms with Crippen LogP contribution in [0.5, 0.6) is 0 Å². The fourth-order valence-electron chi connectivity index (χ4n) is 11.7. The van der Waals surface area contributed by atoms with E-state index in [9.17, 15) is 0 Å². The van der Waals surface area contributed by atoms with E-state index in [-0.39, 0.29) is 0 Å². The first-order valence-corrected chi connectivity index (χ1v) is 22.8. The molecule has 4 heterocycles. The Morgan fingerprint density at radius 1 is 0.242 bits per heavy atom. The lowest BCUT2D eigenvalue weighted by Crippen LogP contribution is -2.11. The van der Waals surface area contributed by atoms with Crippen LogP contribution >= 0.6 is 0 Å². The van der Waals surface area contributed by atoms with Crippen molar-refractivity contribution in [3.8, 4) is 0 Å². The van der Waals surface area contributed by atoms with Gasteiger partial charge in [-0.15, -0.1) is 0 Å². The van der Waals surface area contributed by atoms with Crippen LogP contribution in [0.1, 0.15) is 0 Å². The minimum Gasteiger partial charge on any atom is -0.308 e. The zero-order valence-corrected chi connectivity index (χ0v) is 35.7. The van der Waals surface area contributed by atoms with Crippen LogP contribution in [-0.2, 0) is 0 Å². The van der Waals surface area contributed by atoms with E-state index >= 15 is 0 Å². The smallest absolute Gasteiger partial charge is 0.0789 e. The predicted octanol–water partition coefficient (Wildman–Crippen LogP) is 17.2. The van der Waals surface area contributed by atoms with Crippen LogP contribution in [0.4, 0.5) is 34.1 Å². The fraction of sp³-hybridized carbons (Fsp3) is 0. The molecule has 0 atom stereocenters. The third-order valence-electron chi connectivity index (χ3n) is 14.2. The zero-order chi connectivity index (χ0) is 43.0. The molecule has 0 bridgehead atoms. The number of hydrogen-bond donors (Lipinski definition) is 0. The Balaban J connectivity index is 1.13. The van der Waals surface area contributed by atoms with Crippen LogP contribution in [-0.4, -0.2) is 8.80 Å². The second kappa shape index (κ2) is 13.3. The second-order valence-electron chi connectivity index (χ2n) is 17.6. The van der Waals surface area contributed by atoms with Crippen LogP contribution in [0.3, 0.4) is 0 Å². The minimum absolute atomic E-state index is 1.12. The van der Waals surface area contributed by atoms with Crippen LogP contribution in [0.2, 0.25) is 0 Å². The number of rotatable bonds is 6. The molecule has 11 aromatic carbocycles. The number of anilines is 6. The first kappa shape index (κ1) is 35.6. The summed E-state index contributed by atoms with van der Waals surface area (Å²) in [6, 6.07) is 84.7. The van der Waals surface area contributed by atoms with Gasteiger partial charge in [0.25, 0.3) is 0 Å². The van der Waals surface area contributed by atoms with E-state index in [0.29, 0.717) is 0 Å². The van der Waals surface area contributed by atoms with Gasteiger partial charge in [0.1, 0.15) is 0 Å². The van der Waals surface area contributed by atoms with E-state index in [4.69, 9.17) is 0 Å². The Morgan fingerprint density at radius 2 is 0.545 bits per heavy atom. The maximum Gasteiger partial charge on any atom is 0.0789 e. The zero-order valence-electron chi connectivity index (χ0n) is 35.7. The van der Waals surface area contributed by atoms with Crippen molar-refractivity contribution in [2.24, 2.45) is 0 Å². The molecule has 306 valence electrons.